The van der Waals surface area contributed by atoms with E-state index in [2.05, 4.69) is 20.3 Å². The van der Waals surface area contributed by atoms with Gasteiger partial charge >= 0.3 is 0 Å². The summed E-state index contributed by atoms with van der Waals surface area (Å²) in [7, 11) is 0. The molecule has 0 fully saturated rings. The molecule has 0 spiro atoms. The molecule has 3 heterocycles. The molecule has 0 radical (unpaired) electrons. The van der Waals surface area contributed by atoms with Gasteiger partial charge in [-0.25, -0.2) is 15.0 Å². The molecule has 3 aromatic heterocycles. The van der Waals surface area contributed by atoms with Crippen LogP contribution in [0.25, 0.3) is 21.6 Å². The van der Waals surface area contributed by atoms with Crippen molar-refractivity contribution in [1.29, 1.82) is 0 Å². The molecule has 0 atom stereocenters. The number of benzene rings is 1. The van der Waals surface area contributed by atoms with Gasteiger partial charge in [0.15, 0.2) is 5.13 Å². The molecule has 0 aliphatic heterocycles. The number of amides is 1. The molecular formula is C21H18N4O3S. The summed E-state index contributed by atoms with van der Waals surface area (Å²) >= 11 is 1.28. The van der Waals surface area contributed by atoms with Gasteiger partial charge in [0.25, 0.3) is 5.91 Å². The van der Waals surface area contributed by atoms with E-state index in [-0.39, 0.29) is 11.8 Å². The number of carbonyl (C=O) groups excluding carboxylic acids is 1. The van der Waals surface area contributed by atoms with Crippen LogP contribution in [0.1, 0.15) is 29.8 Å². The van der Waals surface area contributed by atoms with Crippen LogP contribution in [0, 0.1) is 0 Å². The Hall–Kier alpha value is -3.36. The standard InChI is InChI=1S/C21H18N4O3S/c1-21(2,28)14-6-3-12(4-7-14)18(27)25-20-24-16-9-8-15(23-19(16)29-20)13-5-10-17(26)22-11-13/h3-11,28H,1-2H3,(H,22,26)(H,24,25,27). The Morgan fingerprint density at radius 2 is 1.79 bits per heavy atom. The number of carbonyl (C=O) groups is 1. The first-order chi connectivity index (χ1) is 13.8. The summed E-state index contributed by atoms with van der Waals surface area (Å²) in [6, 6.07) is 13.7. The van der Waals surface area contributed by atoms with Gasteiger partial charge in [-0.15, -0.1) is 0 Å². The molecule has 8 heteroatoms. The lowest BCUT2D eigenvalue weighted by molar-refractivity contribution is 0.0785. The van der Waals surface area contributed by atoms with E-state index in [1.165, 1.54) is 17.4 Å². The molecule has 0 aliphatic carbocycles. The molecule has 0 saturated heterocycles. The predicted molar refractivity (Wildman–Crippen MR) is 112 cm³/mol. The fraction of sp³-hybridized carbons (Fsp3) is 0.143. The summed E-state index contributed by atoms with van der Waals surface area (Å²) in [5, 5.41) is 22.6. The molecule has 1 amide bonds. The maximum absolute atomic E-state index is 12.5. The number of aromatic nitrogens is 3. The van der Waals surface area contributed by atoms with Gasteiger partial charge in [-0.1, -0.05) is 23.5 Å². The summed E-state index contributed by atoms with van der Waals surface area (Å²) in [5.74, 6) is -0.331. The first-order valence-electron chi connectivity index (χ1n) is 8.87. The van der Waals surface area contributed by atoms with Crippen molar-refractivity contribution in [2.45, 2.75) is 19.4 Å². The number of aromatic hydroxyl groups is 1. The topological polar surface area (TPSA) is 108 Å². The molecule has 0 aliphatic rings. The first kappa shape index (κ1) is 19.0. The van der Waals surface area contributed by atoms with Gasteiger partial charge in [0, 0.05) is 23.4 Å². The highest BCUT2D eigenvalue weighted by atomic mass is 32.1. The highest BCUT2D eigenvalue weighted by Gasteiger charge is 2.17. The van der Waals surface area contributed by atoms with E-state index in [1.54, 1.807) is 50.4 Å². The number of nitrogens with one attached hydrogen (secondary N) is 1. The SMILES string of the molecule is CC(C)(O)c1ccc(C(=O)Nc2nc3ccc(-c4ccc(O)nc4)nc3s2)cc1. The van der Waals surface area contributed by atoms with Crippen molar-refractivity contribution in [3.63, 3.8) is 0 Å². The highest BCUT2D eigenvalue weighted by molar-refractivity contribution is 7.22. The van der Waals surface area contributed by atoms with Gasteiger partial charge < -0.3 is 10.2 Å². The van der Waals surface area contributed by atoms with E-state index < -0.39 is 5.60 Å². The number of hydrogen-bond acceptors (Lipinski definition) is 7. The molecular weight excluding hydrogens is 388 g/mol. The van der Waals surface area contributed by atoms with E-state index in [1.807, 2.05) is 12.1 Å². The zero-order valence-electron chi connectivity index (χ0n) is 15.7. The fourth-order valence-electron chi connectivity index (χ4n) is 2.77. The Morgan fingerprint density at radius 3 is 2.45 bits per heavy atom. The van der Waals surface area contributed by atoms with Crippen LogP contribution >= 0.6 is 11.3 Å². The molecule has 4 aromatic rings. The maximum atomic E-state index is 12.5. The summed E-state index contributed by atoms with van der Waals surface area (Å²) < 4.78 is 0. The van der Waals surface area contributed by atoms with E-state index in [0.717, 1.165) is 11.1 Å². The van der Waals surface area contributed by atoms with E-state index >= 15 is 0 Å². The monoisotopic (exact) mass is 406 g/mol. The van der Waals surface area contributed by atoms with Gasteiger partial charge in [0.2, 0.25) is 5.88 Å². The molecule has 0 unspecified atom stereocenters. The lowest BCUT2D eigenvalue weighted by atomic mass is 9.97. The third-order valence-electron chi connectivity index (χ3n) is 4.37. The number of pyridine rings is 2. The van der Waals surface area contributed by atoms with E-state index in [4.69, 9.17) is 0 Å². The minimum Gasteiger partial charge on any atom is -0.493 e. The van der Waals surface area contributed by atoms with Crippen LogP contribution in [-0.2, 0) is 5.60 Å². The Morgan fingerprint density at radius 1 is 1.03 bits per heavy atom. The van der Waals surface area contributed by atoms with Crippen molar-refractivity contribution >= 4 is 32.7 Å². The Labute approximate surface area is 170 Å². The van der Waals surface area contributed by atoms with Crippen molar-refractivity contribution in [2.75, 3.05) is 5.32 Å². The van der Waals surface area contributed by atoms with Crippen molar-refractivity contribution in [3.8, 4) is 17.1 Å². The minimum absolute atomic E-state index is 0.0480. The third-order valence-corrected chi connectivity index (χ3v) is 5.25. The number of nitrogens with zero attached hydrogens (tertiary/aromatic N) is 3. The van der Waals surface area contributed by atoms with Crippen molar-refractivity contribution < 1.29 is 15.0 Å². The second-order valence-corrected chi connectivity index (χ2v) is 8.01. The Kier molecular flexibility index (Phi) is 4.73. The molecule has 1 aromatic carbocycles. The molecule has 0 saturated carbocycles. The van der Waals surface area contributed by atoms with Crippen molar-refractivity contribution in [1.82, 2.24) is 15.0 Å². The molecule has 7 nitrogen and oxygen atoms in total. The maximum Gasteiger partial charge on any atom is 0.257 e. The molecule has 146 valence electrons. The van der Waals surface area contributed by atoms with Crippen LogP contribution in [0.5, 0.6) is 5.88 Å². The Balaban J connectivity index is 1.55. The predicted octanol–water partition coefficient (Wildman–Crippen LogP) is 3.94. The Bertz CT molecular complexity index is 1180. The second-order valence-electron chi connectivity index (χ2n) is 7.04. The van der Waals surface area contributed by atoms with Crippen molar-refractivity contribution in [3.05, 3.63) is 65.9 Å². The number of anilines is 1. The fourth-order valence-corrected chi connectivity index (χ4v) is 3.60. The lowest BCUT2D eigenvalue weighted by Crippen LogP contribution is -2.16. The normalized spacial score (nSPS) is 11.6. The van der Waals surface area contributed by atoms with Crippen LogP contribution < -0.4 is 5.32 Å². The number of rotatable bonds is 4. The summed E-state index contributed by atoms with van der Waals surface area (Å²) in [6.45, 7) is 3.39. The quantitative estimate of drug-likeness (QED) is 0.474. The second kappa shape index (κ2) is 7.23. The van der Waals surface area contributed by atoms with Crippen LogP contribution in [0.4, 0.5) is 5.13 Å². The van der Waals surface area contributed by atoms with Gasteiger partial charge in [-0.05, 0) is 49.7 Å². The van der Waals surface area contributed by atoms with E-state index in [9.17, 15) is 15.0 Å². The first-order valence-corrected chi connectivity index (χ1v) is 9.68. The average molecular weight is 406 g/mol. The number of fused-ring (bicyclic) bond motifs is 1. The third kappa shape index (κ3) is 4.08. The van der Waals surface area contributed by atoms with Gasteiger partial charge in [0.05, 0.1) is 11.3 Å². The van der Waals surface area contributed by atoms with Gasteiger partial charge in [-0.3, -0.25) is 10.1 Å². The molecule has 4 rings (SSSR count). The molecule has 3 N–H and O–H groups in total. The summed E-state index contributed by atoms with van der Waals surface area (Å²) in [6.07, 6.45) is 1.55. The summed E-state index contributed by atoms with van der Waals surface area (Å²) in [4.78, 5) is 26.0. The zero-order chi connectivity index (χ0) is 20.6. The van der Waals surface area contributed by atoms with Crippen LogP contribution in [0.3, 0.4) is 0 Å². The zero-order valence-corrected chi connectivity index (χ0v) is 16.6. The van der Waals surface area contributed by atoms with Crippen LogP contribution in [0.2, 0.25) is 0 Å². The minimum atomic E-state index is -0.960. The number of hydrogen-bond donors (Lipinski definition) is 3. The molecule has 29 heavy (non-hydrogen) atoms. The smallest absolute Gasteiger partial charge is 0.257 e. The van der Waals surface area contributed by atoms with E-state index in [0.29, 0.717) is 26.7 Å². The largest absolute Gasteiger partial charge is 0.493 e. The average Bonchev–Trinajstić information content (AvgIpc) is 3.09. The highest BCUT2D eigenvalue weighted by Crippen LogP contribution is 2.28. The lowest BCUT2D eigenvalue weighted by Gasteiger charge is -2.17. The van der Waals surface area contributed by atoms with Gasteiger partial charge in [-0.2, -0.15) is 0 Å². The van der Waals surface area contributed by atoms with Gasteiger partial charge in [0.1, 0.15) is 10.3 Å². The van der Waals surface area contributed by atoms with Crippen molar-refractivity contribution in [2.24, 2.45) is 0 Å². The van der Waals surface area contributed by atoms with Crippen LogP contribution in [-0.4, -0.2) is 31.1 Å². The molecule has 0 bridgehead atoms. The van der Waals surface area contributed by atoms with Crippen LogP contribution in [0.15, 0.2) is 54.7 Å². The number of aliphatic hydroxyl groups is 1. The summed E-state index contributed by atoms with van der Waals surface area (Å²) in [5.41, 5.74) is 2.40. The number of thiazole rings is 1.